The molecule has 5 heteroatoms. The van der Waals surface area contributed by atoms with Crippen LogP contribution in [0.1, 0.15) is 25.3 Å². The van der Waals surface area contributed by atoms with Crippen molar-refractivity contribution in [2.24, 2.45) is 0 Å². The van der Waals surface area contributed by atoms with E-state index in [2.05, 4.69) is 5.32 Å². The molecular weight excluding hydrogens is 280 g/mol. The summed E-state index contributed by atoms with van der Waals surface area (Å²) in [6.45, 7) is 2.62. The number of hydrogen-bond donors (Lipinski definition) is 2. The van der Waals surface area contributed by atoms with Gasteiger partial charge < -0.3 is 15.0 Å². The van der Waals surface area contributed by atoms with Crippen molar-refractivity contribution in [3.05, 3.63) is 58.5 Å². The monoisotopic (exact) mass is 300 g/mol. The lowest BCUT2D eigenvalue weighted by atomic mass is 10.1. The van der Waals surface area contributed by atoms with Crippen molar-refractivity contribution < 1.29 is 9.90 Å². The molecule has 5 nitrogen and oxygen atoms in total. The molecule has 0 saturated carbocycles. The number of pyridine rings is 1. The SMILES string of the molecule is CCCn1cc(NC(=O)CCc2ccccc2O)ccc1=O. The molecule has 0 saturated heterocycles. The zero-order valence-corrected chi connectivity index (χ0v) is 12.6. The predicted octanol–water partition coefficient (Wildman–Crippen LogP) is 2.54. The second-order valence-electron chi connectivity index (χ2n) is 5.13. The van der Waals surface area contributed by atoms with Gasteiger partial charge in [-0.15, -0.1) is 0 Å². The van der Waals surface area contributed by atoms with Crippen molar-refractivity contribution in [2.45, 2.75) is 32.7 Å². The van der Waals surface area contributed by atoms with Crippen LogP contribution in [-0.2, 0) is 17.8 Å². The number of carbonyl (C=O) groups excluding carboxylic acids is 1. The van der Waals surface area contributed by atoms with Gasteiger partial charge in [-0.25, -0.2) is 0 Å². The highest BCUT2D eigenvalue weighted by molar-refractivity contribution is 5.90. The molecule has 1 heterocycles. The summed E-state index contributed by atoms with van der Waals surface area (Å²) in [7, 11) is 0. The van der Waals surface area contributed by atoms with E-state index in [1.807, 2.05) is 13.0 Å². The number of phenols is 1. The topological polar surface area (TPSA) is 71.3 Å². The van der Waals surface area contributed by atoms with Crippen LogP contribution < -0.4 is 10.9 Å². The summed E-state index contributed by atoms with van der Waals surface area (Å²) in [6, 6.07) is 10.0. The second kappa shape index (κ2) is 7.45. The van der Waals surface area contributed by atoms with E-state index in [-0.39, 0.29) is 23.6 Å². The minimum Gasteiger partial charge on any atom is -0.508 e. The number of aryl methyl sites for hydroxylation is 2. The third kappa shape index (κ3) is 4.22. The highest BCUT2D eigenvalue weighted by Crippen LogP contribution is 2.17. The minimum atomic E-state index is -0.148. The largest absolute Gasteiger partial charge is 0.508 e. The predicted molar refractivity (Wildman–Crippen MR) is 86.1 cm³/mol. The first-order chi connectivity index (χ1) is 10.6. The molecule has 0 atom stereocenters. The average molecular weight is 300 g/mol. The fraction of sp³-hybridized carbons (Fsp3) is 0.294. The first-order valence-electron chi connectivity index (χ1n) is 7.37. The van der Waals surface area contributed by atoms with Gasteiger partial charge in [-0.1, -0.05) is 25.1 Å². The first-order valence-corrected chi connectivity index (χ1v) is 7.37. The number of para-hydroxylation sites is 1. The molecule has 116 valence electrons. The van der Waals surface area contributed by atoms with Crippen molar-refractivity contribution >= 4 is 11.6 Å². The molecule has 0 bridgehead atoms. The van der Waals surface area contributed by atoms with Gasteiger partial charge in [0.1, 0.15) is 5.75 Å². The molecule has 0 aliphatic carbocycles. The number of aromatic hydroxyl groups is 1. The molecule has 0 spiro atoms. The van der Waals surface area contributed by atoms with Gasteiger partial charge in [-0.2, -0.15) is 0 Å². The third-order valence-electron chi connectivity index (χ3n) is 3.34. The Kier molecular flexibility index (Phi) is 5.36. The van der Waals surface area contributed by atoms with Crippen molar-refractivity contribution in [2.75, 3.05) is 5.32 Å². The highest BCUT2D eigenvalue weighted by Gasteiger charge is 2.06. The van der Waals surface area contributed by atoms with Gasteiger partial charge in [-0.3, -0.25) is 9.59 Å². The van der Waals surface area contributed by atoms with Crippen molar-refractivity contribution in [3.63, 3.8) is 0 Å². The number of benzene rings is 1. The standard InChI is InChI=1S/C17H20N2O3/c1-2-11-19-12-14(8-10-17(19)22)18-16(21)9-7-13-5-3-4-6-15(13)20/h3-6,8,10,12,20H,2,7,9,11H2,1H3,(H,18,21). The van der Waals surface area contributed by atoms with Crippen molar-refractivity contribution in [3.8, 4) is 5.75 Å². The lowest BCUT2D eigenvalue weighted by Gasteiger charge is -2.09. The smallest absolute Gasteiger partial charge is 0.250 e. The summed E-state index contributed by atoms with van der Waals surface area (Å²) in [5, 5.41) is 12.4. The lowest BCUT2D eigenvalue weighted by molar-refractivity contribution is -0.116. The van der Waals surface area contributed by atoms with Gasteiger partial charge in [0, 0.05) is 25.2 Å². The Balaban J connectivity index is 1.96. The van der Waals surface area contributed by atoms with Crippen LogP contribution in [0.5, 0.6) is 5.75 Å². The number of hydrogen-bond acceptors (Lipinski definition) is 3. The molecule has 0 unspecified atom stereocenters. The fourth-order valence-corrected chi connectivity index (χ4v) is 2.21. The zero-order chi connectivity index (χ0) is 15.9. The maximum atomic E-state index is 12.0. The van der Waals surface area contributed by atoms with E-state index in [1.165, 1.54) is 6.07 Å². The Hall–Kier alpha value is -2.56. The van der Waals surface area contributed by atoms with Crippen LogP contribution in [-0.4, -0.2) is 15.6 Å². The Morgan fingerprint density at radius 2 is 2.00 bits per heavy atom. The number of amides is 1. The van der Waals surface area contributed by atoms with E-state index >= 15 is 0 Å². The number of phenolic OH excluding ortho intramolecular Hbond substituents is 1. The zero-order valence-electron chi connectivity index (χ0n) is 12.6. The maximum Gasteiger partial charge on any atom is 0.250 e. The minimum absolute atomic E-state index is 0.0749. The Morgan fingerprint density at radius 3 is 2.73 bits per heavy atom. The molecule has 2 N–H and O–H groups in total. The van der Waals surface area contributed by atoms with Gasteiger partial charge in [0.15, 0.2) is 0 Å². The first kappa shape index (κ1) is 15.8. The quantitative estimate of drug-likeness (QED) is 0.861. The third-order valence-corrected chi connectivity index (χ3v) is 3.34. The molecular formula is C17H20N2O3. The van der Waals surface area contributed by atoms with Gasteiger partial charge in [0.2, 0.25) is 5.91 Å². The molecule has 0 aliphatic rings. The van der Waals surface area contributed by atoms with Crippen molar-refractivity contribution in [1.29, 1.82) is 0 Å². The number of rotatable bonds is 6. The maximum absolute atomic E-state index is 12.0. The van der Waals surface area contributed by atoms with Gasteiger partial charge in [-0.05, 0) is 30.5 Å². The number of carbonyl (C=O) groups is 1. The molecule has 22 heavy (non-hydrogen) atoms. The van der Waals surface area contributed by atoms with E-state index < -0.39 is 0 Å². The summed E-state index contributed by atoms with van der Waals surface area (Å²) in [5.41, 5.74) is 1.28. The molecule has 1 amide bonds. The summed E-state index contributed by atoms with van der Waals surface area (Å²) in [4.78, 5) is 23.6. The summed E-state index contributed by atoms with van der Waals surface area (Å²) in [6.07, 6.45) is 3.24. The molecule has 1 aromatic heterocycles. The molecule has 1 aromatic carbocycles. The Bertz CT molecular complexity index is 707. The van der Waals surface area contributed by atoms with Crippen molar-refractivity contribution in [1.82, 2.24) is 4.57 Å². The highest BCUT2D eigenvalue weighted by atomic mass is 16.3. The summed E-state index contributed by atoms with van der Waals surface area (Å²) < 4.78 is 1.58. The second-order valence-corrected chi connectivity index (χ2v) is 5.13. The fourth-order valence-electron chi connectivity index (χ4n) is 2.21. The van der Waals surface area contributed by atoms with Gasteiger partial charge in [0.25, 0.3) is 5.56 Å². The van der Waals surface area contributed by atoms with Crippen LogP contribution in [0.4, 0.5) is 5.69 Å². The van der Waals surface area contributed by atoms with E-state index in [0.717, 1.165) is 12.0 Å². The van der Waals surface area contributed by atoms with Crippen LogP contribution in [0.3, 0.4) is 0 Å². The normalized spacial score (nSPS) is 10.4. The number of nitrogens with zero attached hydrogens (tertiary/aromatic N) is 1. The van der Waals surface area contributed by atoms with Crippen LogP contribution >= 0.6 is 0 Å². The number of nitrogens with one attached hydrogen (secondary N) is 1. The van der Waals surface area contributed by atoms with Crippen LogP contribution in [0.25, 0.3) is 0 Å². The van der Waals surface area contributed by atoms with Gasteiger partial charge >= 0.3 is 0 Å². The molecule has 0 aliphatic heterocycles. The number of anilines is 1. The molecule has 0 fully saturated rings. The van der Waals surface area contributed by atoms with Gasteiger partial charge in [0.05, 0.1) is 5.69 Å². The van der Waals surface area contributed by atoms with Crippen LogP contribution in [0, 0.1) is 0 Å². The molecule has 2 rings (SSSR count). The Labute approximate surface area is 129 Å². The summed E-state index contributed by atoms with van der Waals surface area (Å²) in [5.74, 6) is 0.0525. The molecule has 2 aromatic rings. The van der Waals surface area contributed by atoms with Crippen LogP contribution in [0.15, 0.2) is 47.4 Å². The number of aromatic nitrogens is 1. The Morgan fingerprint density at radius 1 is 1.23 bits per heavy atom. The van der Waals surface area contributed by atoms with E-state index in [9.17, 15) is 14.7 Å². The molecule has 0 radical (unpaired) electrons. The van der Waals surface area contributed by atoms with E-state index in [1.54, 1.807) is 35.0 Å². The average Bonchev–Trinajstić information content (AvgIpc) is 2.50. The van der Waals surface area contributed by atoms with E-state index in [0.29, 0.717) is 18.7 Å². The lowest BCUT2D eigenvalue weighted by Crippen LogP contribution is -2.20. The van der Waals surface area contributed by atoms with E-state index in [4.69, 9.17) is 0 Å². The summed E-state index contributed by atoms with van der Waals surface area (Å²) >= 11 is 0. The van der Waals surface area contributed by atoms with Crippen LogP contribution in [0.2, 0.25) is 0 Å².